The van der Waals surface area contributed by atoms with Crippen LogP contribution < -0.4 is 4.90 Å². The lowest BCUT2D eigenvalue weighted by Crippen LogP contribution is -2.09. The second-order valence-electron chi connectivity index (χ2n) is 14.9. The standard InChI is InChI=1S/C56H37NO/c1-3-12-39(13-4-1)48-18-9-10-19-50(48)42-26-31-46(32-27-42)57(47-33-34-51-44(36-47)23-22-41-16-7-8-17-49(41)51)45-29-24-38(25-30-45)43-28-35-55-54(37-43)53-21-11-20-52(56(53)58-55)40-14-5-2-6-15-40/h1-37H. The molecule has 272 valence electrons. The summed E-state index contributed by atoms with van der Waals surface area (Å²) >= 11 is 0. The van der Waals surface area contributed by atoms with Crippen LogP contribution in [0.3, 0.4) is 0 Å². The lowest BCUT2D eigenvalue weighted by molar-refractivity contribution is 0.670. The number of anilines is 3. The molecule has 2 heteroatoms. The van der Waals surface area contributed by atoms with E-state index < -0.39 is 0 Å². The summed E-state index contributed by atoms with van der Waals surface area (Å²) < 4.78 is 6.49. The molecule has 2 nitrogen and oxygen atoms in total. The lowest BCUT2D eigenvalue weighted by Gasteiger charge is -2.26. The molecule has 0 spiro atoms. The van der Waals surface area contributed by atoms with Gasteiger partial charge in [-0.05, 0) is 109 Å². The zero-order chi connectivity index (χ0) is 38.4. The maximum absolute atomic E-state index is 6.49. The molecule has 10 aromatic carbocycles. The highest BCUT2D eigenvalue weighted by atomic mass is 16.3. The molecule has 0 radical (unpaired) electrons. The van der Waals surface area contributed by atoms with Gasteiger partial charge in [-0.1, -0.05) is 176 Å². The summed E-state index contributed by atoms with van der Waals surface area (Å²) in [5.74, 6) is 0. The molecule has 11 aromatic rings. The largest absolute Gasteiger partial charge is 0.455 e. The van der Waals surface area contributed by atoms with Gasteiger partial charge in [0, 0.05) is 33.4 Å². The van der Waals surface area contributed by atoms with Gasteiger partial charge in [0.05, 0.1) is 0 Å². The number of benzene rings is 10. The molecule has 0 saturated heterocycles. The van der Waals surface area contributed by atoms with E-state index in [9.17, 15) is 0 Å². The topological polar surface area (TPSA) is 16.4 Å². The lowest BCUT2D eigenvalue weighted by atomic mass is 9.94. The minimum Gasteiger partial charge on any atom is -0.455 e. The Kier molecular flexibility index (Phi) is 8.19. The minimum absolute atomic E-state index is 0.892. The Morgan fingerprint density at radius 2 is 0.793 bits per heavy atom. The second-order valence-corrected chi connectivity index (χ2v) is 14.9. The van der Waals surface area contributed by atoms with Crippen molar-refractivity contribution in [1.29, 1.82) is 0 Å². The van der Waals surface area contributed by atoms with Crippen molar-refractivity contribution < 1.29 is 4.42 Å². The van der Waals surface area contributed by atoms with Crippen molar-refractivity contribution >= 4 is 60.5 Å². The molecule has 11 rings (SSSR count). The quantitative estimate of drug-likeness (QED) is 0.151. The van der Waals surface area contributed by atoms with Gasteiger partial charge in [0.2, 0.25) is 0 Å². The van der Waals surface area contributed by atoms with Crippen LogP contribution >= 0.6 is 0 Å². The predicted molar refractivity (Wildman–Crippen MR) is 245 cm³/mol. The van der Waals surface area contributed by atoms with Crippen LogP contribution in [0.1, 0.15) is 0 Å². The van der Waals surface area contributed by atoms with E-state index in [1.165, 1.54) is 43.8 Å². The molecule has 0 saturated carbocycles. The molecule has 0 N–H and O–H groups in total. The predicted octanol–water partition coefficient (Wildman–Crippen LogP) is 16.0. The normalized spacial score (nSPS) is 11.4. The van der Waals surface area contributed by atoms with Crippen LogP contribution in [-0.4, -0.2) is 0 Å². The van der Waals surface area contributed by atoms with Crippen molar-refractivity contribution in [3.8, 4) is 44.5 Å². The van der Waals surface area contributed by atoms with E-state index in [0.717, 1.165) is 61.3 Å². The van der Waals surface area contributed by atoms with Crippen molar-refractivity contribution in [3.63, 3.8) is 0 Å². The van der Waals surface area contributed by atoms with Crippen LogP contribution in [0, 0.1) is 0 Å². The fourth-order valence-corrected chi connectivity index (χ4v) is 8.61. The van der Waals surface area contributed by atoms with Gasteiger partial charge in [-0.3, -0.25) is 0 Å². The van der Waals surface area contributed by atoms with E-state index in [0.29, 0.717) is 0 Å². The Bertz CT molecular complexity index is 3250. The fourth-order valence-electron chi connectivity index (χ4n) is 8.61. The maximum Gasteiger partial charge on any atom is 0.143 e. The summed E-state index contributed by atoms with van der Waals surface area (Å²) in [5, 5.41) is 7.22. The van der Waals surface area contributed by atoms with Crippen molar-refractivity contribution in [1.82, 2.24) is 0 Å². The van der Waals surface area contributed by atoms with Crippen LogP contribution in [0.25, 0.3) is 88.0 Å². The molecule has 0 fully saturated rings. The summed E-state index contributed by atoms with van der Waals surface area (Å²) in [5.41, 5.74) is 14.5. The number of fused-ring (bicyclic) bond motifs is 6. The summed E-state index contributed by atoms with van der Waals surface area (Å²) in [7, 11) is 0. The molecule has 1 aromatic heterocycles. The number of furan rings is 1. The minimum atomic E-state index is 0.892. The van der Waals surface area contributed by atoms with Crippen molar-refractivity contribution in [3.05, 3.63) is 224 Å². The number of para-hydroxylation sites is 1. The van der Waals surface area contributed by atoms with E-state index in [1.54, 1.807) is 0 Å². The van der Waals surface area contributed by atoms with Crippen LogP contribution in [-0.2, 0) is 0 Å². The molecule has 1 heterocycles. The van der Waals surface area contributed by atoms with E-state index in [2.05, 4.69) is 223 Å². The maximum atomic E-state index is 6.49. The molecule has 58 heavy (non-hydrogen) atoms. The molecule has 0 atom stereocenters. The van der Waals surface area contributed by atoms with Gasteiger partial charge in [-0.25, -0.2) is 0 Å². The molecular weight excluding hydrogens is 703 g/mol. The van der Waals surface area contributed by atoms with Gasteiger partial charge in [0.25, 0.3) is 0 Å². The van der Waals surface area contributed by atoms with Crippen LogP contribution in [0.4, 0.5) is 17.1 Å². The first kappa shape index (κ1) is 33.6. The van der Waals surface area contributed by atoms with Gasteiger partial charge in [-0.2, -0.15) is 0 Å². The summed E-state index contributed by atoms with van der Waals surface area (Å²) in [6, 6.07) is 80.6. The average Bonchev–Trinajstić information content (AvgIpc) is 3.68. The van der Waals surface area contributed by atoms with Crippen molar-refractivity contribution in [2.45, 2.75) is 0 Å². The van der Waals surface area contributed by atoms with Crippen molar-refractivity contribution in [2.24, 2.45) is 0 Å². The SMILES string of the molecule is c1ccc(-c2ccccc2-c2ccc(N(c3ccc(-c4ccc5oc6c(-c7ccccc7)cccc6c5c4)cc3)c3ccc4c(ccc5ccccc54)c3)cc2)cc1. The Balaban J connectivity index is 0.993. The second kappa shape index (κ2) is 14.1. The zero-order valence-corrected chi connectivity index (χ0v) is 31.7. The summed E-state index contributed by atoms with van der Waals surface area (Å²) in [4.78, 5) is 2.36. The number of rotatable bonds is 7. The Morgan fingerprint density at radius 3 is 1.52 bits per heavy atom. The highest BCUT2D eigenvalue weighted by molar-refractivity contribution is 6.11. The number of nitrogens with zero attached hydrogens (tertiary/aromatic N) is 1. The molecule has 0 bridgehead atoms. The molecule has 0 unspecified atom stereocenters. The fraction of sp³-hybridized carbons (Fsp3) is 0. The first-order chi connectivity index (χ1) is 28.7. The smallest absolute Gasteiger partial charge is 0.143 e. The van der Waals surface area contributed by atoms with Gasteiger partial charge < -0.3 is 9.32 Å². The molecule has 0 aliphatic rings. The van der Waals surface area contributed by atoms with E-state index in [1.807, 2.05) is 6.07 Å². The third-order valence-electron chi connectivity index (χ3n) is 11.5. The van der Waals surface area contributed by atoms with Crippen LogP contribution in [0.2, 0.25) is 0 Å². The highest BCUT2D eigenvalue weighted by Crippen LogP contribution is 2.41. The van der Waals surface area contributed by atoms with Crippen molar-refractivity contribution in [2.75, 3.05) is 4.90 Å². The molecule has 0 aliphatic carbocycles. The van der Waals surface area contributed by atoms with E-state index >= 15 is 0 Å². The first-order valence-corrected chi connectivity index (χ1v) is 19.8. The summed E-state index contributed by atoms with van der Waals surface area (Å²) in [6.07, 6.45) is 0. The van der Waals surface area contributed by atoms with Gasteiger partial charge >= 0.3 is 0 Å². The highest BCUT2D eigenvalue weighted by Gasteiger charge is 2.17. The van der Waals surface area contributed by atoms with Crippen LogP contribution in [0.5, 0.6) is 0 Å². The Hall–Kier alpha value is -7.68. The zero-order valence-electron chi connectivity index (χ0n) is 31.7. The van der Waals surface area contributed by atoms with Gasteiger partial charge in [0.15, 0.2) is 0 Å². The van der Waals surface area contributed by atoms with Gasteiger partial charge in [-0.15, -0.1) is 0 Å². The van der Waals surface area contributed by atoms with E-state index in [4.69, 9.17) is 4.42 Å². The molecule has 0 amide bonds. The number of hydrogen-bond acceptors (Lipinski definition) is 2. The Labute approximate surface area is 337 Å². The Morgan fingerprint density at radius 1 is 0.276 bits per heavy atom. The third kappa shape index (κ3) is 5.91. The average molecular weight is 740 g/mol. The summed E-state index contributed by atoms with van der Waals surface area (Å²) in [6.45, 7) is 0. The van der Waals surface area contributed by atoms with Gasteiger partial charge in [0.1, 0.15) is 11.2 Å². The number of hydrogen-bond donors (Lipinski definition) is 0. The monoisotopic (exact) mass is 739 g/mol. The third-order valence-corrected chi connectivity index (χ3v) is 11.5. The van der Waals surface area contributed by atoms with Crippen LogP contribution in [0.15, 0.2) is 229 Å². The molecule has 0 aliphatic heterocycles. The van der Waals surface area contributed by atoms with E-state index in [-0.39, 0.29) is 0 Å². The first-order valence-electron chi connectivity index (χ1n) is 19.8. The molecular formula is C56H37NO.